The van der Waals surface area contributed by atoms with Crippen molar-refractivity contribution in [3.63, 3.8) is 0 Å². The van der Waals surface area contributed by atoms with Crippen molar-refractivity contribution in [2.75, 3.05) is 13.2 Å². The largest absolute Gasteiger partial charge is 0.450 e. The molecule has 5 aliphatic rings. The zero-order valence-corrected chi connectivity index (χ0v) is 29.0. The summed E-state index contributed by atoms with van der Waals surface area (Å²) >= 11 is 0. The number of allylic oxidation sites excluding steroid dienone is 1. The standard InChI is InChI=1S/C35H45N5O9S/c1-3-5-13-28-31(42)40-20-25(17-29(40)30(41)37-35(18-24(35)4-2)32(43)38-50(46,47)26-14-15-26)49-34(45)39-19-23-12-9-11-22(27(23)21-39)10-7-6-8-16-48-33(44)36-28/h4,7,9-12,24-26,28-29H,2-3,5-6,8,13-21H2,1H3,(H,36,44)(H,37,41)(H,38,43)/t24-,25-,28+,29+,35-/m1/s1. The highest BCUT2D eigenvalue weighted by atomic mass is 32.2. The molecule has 270 valence electrons. The Morgan fingerprint density at radius 2 is 1.98 bits per heavy atom. The van der Waals surface area contributed by atoms with Crippen molar-refractivity contribution >= 4 is 46.0 Å². The molecule has 0 aromatic heterocycles. The third-order valence-corrected chi connectivity index (χ3v) is 11.9. The van der Waals surface area contributed by atoms with Gasteiger partial charge >= 0.3 is 12.2 Å². The van der Waals surface area contributed by atoms with Gasteiger partial charge in [-0.05, 0) is 55.2 Å². The summed E-state index contributed by atoms with van der Waals surface area (Å²) in [5.74, 6) is -2.65. The lowest BCUT2D eigenvalue weighted by Crippen LogP contribution is -2.58. The Kier molecular flexibility index (Phi) is 10.2. The predicted octanol–water partition coefficient (Wildman–Crippen LogP) is 2.87. The summed E-state index contributed by atoms with van der Waals surface area (Å²) < 4.78 is 38.7. The van der Waals surface area contributed by atoms with Gasteiger partial charge in [-0.1, -0.05) is 56.2 Å². The van der Waals surface area contributed by atoms with Crippen molar-refractivity contribution in [1.82, 2.24) is 25.2 Å². The number of cyclic esters (lactones) is 1. The van der Waals surface area contributed by atoms with Gasteiger partial charge < -0.3 is 25.0 Å². The van der Waals surface area contributed by atoms with E-state index in [1.165, 1.54) is 11.0 Å². The summed E-state index contributed by atoms with van der Waals surface area (Å²) in [5.41, 5.74) is 1.41. The Hall–Kier alpha value is -4.40. The van der Waals surface area contributed by atoms with Gasteiger partial charge in [0.1, 0.15) is 23.7 Å². The van der Waals surface area contributed by atoms with E-state index in [-0.39, 0.29) is 32.4 Å². The Bertz CT molecular complexity index is 1690. The maximum Gasteiger partial charge on any atom is 0.410 e. The number of carbonyl (C=O) groups excluding carboxylic acids is 5. The number of carbonyl (C=O) groups is 5. The molecule has 0 spiro atoms. The molecule has 3 heterocycles. The van der Waals surface area contributed by atoms with Crippen LogP contribution in [0.3, 0.4) is 0 Å². The molecule has 2 aliphatic carbocycles. The first-order chi connectivity index (χ1) is 24.0. The van der Waals surface area contributed by atoms with Gasteiger partial charge in [-0.2, -0.15) is 0 Å². The molecule has 0 unspecified atom stereocenters. The molecule has 5 amide bonds. The molecule has 0 radical (unpaired) electrons. The summed E-state index contributed by atoms with van der Waals surface area (Å²) in [7, 11) is -3.90. The third-order valence-electron chi connectivity index (χ3n) is 10.1. The van der Waals surface area contributed by atoms with Crippen molar-refractivity contribution in [3.05, 3.63) is 53.6 Å². The smallest absolute Gasteiger partial charge is 0.410 e. The van der Waals surface area contributed by atoms with E-state index in [2.05, 4.69) is 21.9 Å². The minimum Gasteiger partial charge on any atom is -0.450 e. The molecule has 4 bridgehead atoms. The predicted molar refractivity (Wildman–Crippen MR) is 181 cm³/mol. The average molecular weight is 712 g/mol. The molecule has 1 aromatic rings. The average Bonchev–Trinajstić information content (AvgIpc) is 3.98. The van der Waals surface area contributed by atoms with Gasteiger partial charge in [-0.15, -0.1) is 6.58 Å². The fourth-order valence-electron chi connectivity index (χ4n) is 6.97. The van der Waals surface area contributed by atoms with Crippen LogP contribution in [0.25, 0.3) is 6.08 Å². The topological polar surface area (TPSA) is 181 Å². The van der Waals surface area contributed by atoms with Gasteiger partial charge in [-0.25, -0.2) is 18.0 Å². The summed E-state index contributed by atoms with van der Waals surface area (Å²) in [5, 5.41) is 4.76. The van der Waals surface area contributed by atoms with Crippen LogP contribution in [-0.4, -0.2) is 90.3 Å². The quantitative estimate of drug-likeness (QED) is 0.325. The number of sulfonamides is 1. The zero-order chi connectivity index (χ0) is 35.6. The van der Waals surface area contributed by atoms with E-state index in [1.54, 1.807) is 4.90 Å². The maximum absolute atomic E-state index is 14.2. The number of alkyl carbamates (subject to hydrolysis) is 1. The molecule has 5 atom stereocenters. The SMILES string of the molecule is C=C[C@@H]1C[C@]1(NC(=O)[C@@H]1C[C@@H]2CN1C(=O)[C@H](CCCC)NC(=O)OCCCC=Cc1cccc3c1CN(C3)C(=O)O2)C(=O)NS(=O)(=O)C1CC1. The lowest BCUT2D eigenvalue weighted by molar-refractivity contribution is -0.141. The van der Waals surface area contributed by atoms with Crippen LogP contribution in [0.15, 0.2) is 36.9 Å². The van der Waals surface area contributed by atoms with E-state index in [9.17, 15) is 32.4 Å². The van der Waals surface area contributed by atoms with E-state index in [0.717, 1.165) is 23.1 Å². The number of nitrogens with zero attached hydrogens (tertiary/aromatic N) is 2. The molecule has 3 N–H and O–H groups in total. The summed E-state index contributed by atoms with van der Waals surface area (Å²) in [6.45, 7) is 6.37. The van der Waals surface area contributed by atoms with Crippen molar-refractivity contribution in [3.8, 4) is 0 Å². The molecule has 1 aromatic carbocycles. The lowest BCUT2D eigenvalue weighted by atomic mass is 10.0. The summed E-state index contributed by atoms with van der Waals surface area (Å²) in [4.78, 5) is 70.8. The number of hydrogen-bond acceptors (Lipinski definition) is 9. The minimum atomic E-state index is -3.90. The van der Waals surface area contributed by atoms with Gasteiger partial charge in [0, 0.05) is 18.9 Å². The monoisotopic (exact) mass is 711 g/mol. The Labute approximate surface area is 292 Å². The molecule has 3 aliphatic heterocycles. The Morgan fingerprint density at radius 3 is 2.70 bits per heavy atom. The fraction of sp³-hybridized carbons (Fsp3) is 0.571. The zero-order valence-electron chi connectivity index (χ0n) is 28.2. The Morgan fingerprint density at radius 1 is 1.18 bits per heavy atom. The number of ether oxygens (including phenoxy) is 2. The minimum absolute atomic E-state index is 0.0696. The van der Waals surface area contributed by atoms with Crippen LogP contribution in [0.2, 0.25) is 0 Å². The first-order valence-corrected chi connectivity index (χ1v) is 19.0. The molecule has 15 heteroatoms. The van der Waals surface area contributed by atoms with Gasteiger partial charge in [0.25, 0.3) is 5.91 Å². The number of benzene rings is 1. The van der Waals surface area contributed by atoms with Crippen LogP contribution in [0.4, 0.5) is 9.59 Å². The Balaban J connectivity index is 1.26. The molecule has 3 fully saturated rings. The second kappa shape index (κ2) is 14.4. The third kappa shape index (κ3) is 7.52. The van der Waals surface area contributed by atoms with E-state index in [0.29, 0.717) is 45.2 Å². The van der Waals surface area contributed by atoms with Crippen LogP contribution >= 0.6 is 0 Å². The van der Waals surface area contributed by atoms with Gasteiger partial charge in [-0.3, -0.25) is 24.0 Å². The van der Waals surface area contributed by atoms with E-state index in [1.807, 2.05) is 37.3 Å². The lowest BCUT2D eigenvalue weighted by Gasteiger charge is -2.29. The number of unbranched alkanes of at least 4 members (excludes halogenated alkanes) is 1. The fourth-order valence-corrected chi connectivity index (χ4v) is 8.33. The molecule has 6 rings (SSSR count). The first kappa shape index (κ1) is 35.4. The van der Waals surface area contributed by atoms with Crippen molar-refractivity contribution in [2.24, 2.45) is 5.92 Å². The molecule has 1 saturated heterocycles. The highest BCUT2D eigenvalue weighted by Crippen LogP contribution is 2.45. The number of hydrogen-bond donors (Lipinski definition) is 3. The summed E-state index contributed by atoms with van der Waals surface area (Å²) in [6, 6.07) is 3.65. The van der Waals surface area contributed by atoms with E-state index >= 15 is 0 Å². The molecular formula is C35H45N5O9S. The number of nitrogens with one attached hydrogen (secondary N) is 3. The molecule has 2 saturated carbocycles. The normalized spacial score (nSPS) is 28.4. The second-order valence-electron chi connectivity index (χ2n) is 13.8. The van der Waals surface area contributed by atoms with Gasteiger partial charge in [0.15, 0.2) is 0 Å². The van der Waals surface area contributed by atoms with Gasteiger partial charge in [0.2, 0.25) is 21.8 Å². The maximum atomic E-state index is 14.2. The van der Waals surface area contributed by atoms with Crippen LogP contribution in [-0.2, 0) is 47.0 Å². The van der Waals surface area contributed by atoms with E-state index in [4.69, 9.17) is 9.47 Å². The highest BCUT2D eigenvalue weighted by Gasteiger charge is 2.62. The van der Waals surface area contributed by atoms with Crippen LogP contribution in [0, 0.1) is 5.92 Å². The van der Waals surface area contributed by atoms with Crippen molar-refractivity contribution < 1.29 is 41.9 Å². The van der Waals surface area contributed by atoms with E-state index < -0.39 is 74.8 Å². The van der Waals surface area contributed by atoms with Crippen LogP contribution in [0.5, 0.6) is 0 Å². The van der Waals surface area contributed by atoms with Crippen molar-refractivity contribution in [2.45, 2.75) is 107 Å². The molecule has 14 nitrogen and oxygen atoms in total. The first-order valence-electron chi connectivity index (χ1n) is 17.4. The second-order valence-corrected chi connectivity index (χ2v) is 15.8. The summed E-state index contributed by atoms with van der Waals surface area (Å²) in [6.07, 6.45) is 7.03. The van der Waals surface area contributed by atoms with Crippen LogP contribution < -0.4 is 15.4 Å². The van der Waals surface area contributed by atoms with Crippen LogP contribution in [0.1, 0.15) is 81.4 Å². The molecule has 50 heavy (non-hydrogen) atoms. The highest BCUT2D eigenvalue weighted by molar-refractivity contribution is 7.91. The number of rotatable bonds is 9. The van der Waals surface area contributed by atoms with Crippen molar-refractivity contribution in [1.29, 1.82) is 0 Å². The van der Waals surface area contributed by atoms with Gasteiger partial charge in [0.05, 0.1) is 24.9 Å². The number of amides is 5. The number of fused-ring (bicyclic) bond motifs is 3. The molecular weight excluding hydrogens is 666 g/mol.